The van der Waals surface area contributed by atoms with Crippen molar-refractivity contribution in [2.75, 3.05) is 32.5 Å². The Bertz CT molecular complexity index is 616. The van der Waals surface area contributed by atoms with Crippen LogP contribution in [0.25, 0.3) is 0 Å². The molecule has 0 amide bonds. The Hall–Kier alpha value is -0.890. The topological polar surface area (TPSA) is 72.6 Å². The number of nitrogens with two attached hydrogens (primary N) is 1. The van der Waals surface area contributed by atoms with Gasteiger partial charge in [0.15, 0.2) is 0 Å². The van der Waals surface area contributed by atoms with Crippen molar-refractivity contribution in [3.63, 3.8) is 0 Å². The van der Waals surface area contributed by atoms with Gasteiger partial charge in [-0.15, -0.1) is 0 Å². The molecule has 5 nitrogen and oxygen atoms in total. The maximum absolute atomic E-state index is 13.3. The fraction of sp³-hybridized carbons (Fsp3) is 0.538. The molecule has 0 spiro atoms. The standard InChI is InChI=1S/C13H18ClFN2O3S/c1-20-8-9-2-4-17(5-3-9)21(18,19)13-7-12(16)11(15)6-10(13)14/h6-7,9H,2-5,8,16H2,1H3. The molecule has 0 unspecified atom stereocenters. The minimum Gasteiger partial charge on any atom is -0.396 e. The van der Waals surface area contributed by atoms with E-state index in [1.807, 2.05) is 0 Å². The van der Waals surface area contributed by atoms with E-state index in [-0.39, 0.29) is 15.6 Å². The fourth-order valence-electron chi connectivity index (χ4n) is 2.43. The summed E-state index contributed by atoms with van der Waals surface area (Å²) in [5.74, 6) is -0.368. The first-order chi connectivity index (χ1) is 9.86. The van der Waals surface area contributed by atoms with Crippen LogP contribution in [0.3, 0.4) is 0 Å². The van der Waals surface area contributed by atoms with Crippen LogP contribution in [0.5, 0.6) is 0 Å². The molecular formula is C13H18ClFN2O3S. The highest BCUT2D eigenvalue weighted by molar-refractivity contribution is 7.89. The third-order valence-electron chi connectivity index (χ3n) is 3.64. The molecule has 2 rings (SSSR count). The lowest BCUT2D eigenvalue weighted by Crippen LogP contribution is -2.39. The van der Waals surface area contributed by atoms with Crippen LogP contribution in [-0.4, -0.2) is 39.5 Å². The SMILES string of the molecule is COCC1CCN(S(=O)(=O)c2cc(N)c(F)cc2Cl)CC1. The molecule has 1 saturated heterocycles. The highest BCUT2D eigenvalue weighted by Crippen LogP contribution is 2.31. The van der Waals surface area contributed by atoms with Crippen molar-refractivity contribution in [2.45, 2.75) is 17.7 Å². The second-order valence-corrected chi connectivity index (χ2v) is 7.42. The van der Waals surface area contributed by atoms with Crippen molar-refractivity contribution in [2.24, 2.45) is 5.92 Å². The smallest absolute Gasteiger partial charge is 0.244 e. The summed E-state index contributed by atoms with van der Waals surface area (Å²) in [5.41, 5.74) is 5.21. The van der Waals surface area contributed by atoms with E-state index in [2.05, 4.69) is 0 Å². The summed E-state index contributed by atoms with van der Waals surface area (Å²) in [4.78, 5) is -0.145. The molecule has 1 aromatic carbocycles. The number of piperidine rings is 1. The first kappa shape index (κ1) is 16.5. The summed E-state index contributed by atoms with van der Waals surface area (Å²) in [6.07, 6.45) is 1.45. The van der Waals surface area contributed by atoms with Crippen LogP contribution in [0, 0.1) is 11.7 Å². The second-order valence-electron chi connectivity index (χ2n) is 5.11. The maximum atomic E-state index is 13.3. The van der Waals surface area contributed by atoms with Gasteiger partial charge >= 0.3 is 0 Å². The van der Waals surface area contributed by atoms with E-state index in [0.717, 1.165) is 25.0 Å². The van der Waals surface area contributed by atoms with Gasteiger partial charge in [-0.3, -0.25) is 0 Å². The summed E-state index contributed by atoms with van der Waals surface area (Å²) in [7, 11) is -2.13. The number of methoxy groups -OCH3 is 1. The van der Waals surface area contributed by atoms with Gasteiger partial charge in [-0.25, -0.2) is 12.8 Å². The van der Waals surface area contributed by atoms with Gasteiger partial charge in [0.1, 0.15) is 10.7 Å². The lowest BCUT2D eigenvalue weighted by atomic mass is 9.99. The summed E-state index contributed by atoms with van der Waals surface area (Å²) < 4.78 is 44.9. The van der Waals surface area contributed by atoms with Gasteiger partial charge in [0, 0.05) is 26.8 Å². The third kappa shape index (κ3) is 3.48. The van der Waals surface area contributed by atoms with Crippen LogP contribution in [0.1, 0.15) is 12.8 Å². The zero-order valence-corrected chi connectivity index (χ0v) is 13.3. The first-order valence-electron chi connectivity index (χ1n) is 6.60. The summed E-state index contributed by atoms with van der Waals surface area (Å²) in [5, 5.41) is -0.152. The summed E-state index contributed by atoms with van der Waals surface area (Å²) >= 11 is 5.86. The number of nitrogen functional groups attached to an aromatic ring is 1. The van der Waals surface area contributed by atoms with Crippen LogP contribution >= 0.6 is 11.6 Å². The largest absolute Gasteiger partial charge is 0.396 e. The van der Waals surface area contributed by atoms with E-state index < -0.39 is 15.8 Å². The van der Waals surface area contributed by atoms with Gasteiger partial charge in [0.25, 0.3) is 0 Å². The molecule has 0 atom stereocenters. The van der Waals surface area contributed by atoms with Crippen molar-refractivity contribution in [3.05, 3.63) is 23.0 Å². The number of benzene rings is 1. The molecule has 1 heterocycles. The molecule has 1 aliphatic rings. The average molecular weight is 337 g/mol. The third-order valence-corrected chi connectivity index (χ3v) is 6.01. The normalized spacial score (nSPS) is 18.0. The predicted molar refractivity (Wildman–Crippen MR) is 79.2 cm³/mol. The lowest BCUT2D eigenvalue weighted by molar-refractivity contribution is 0.121. The Morgan fingerprint density at radius 1 is 1.43 bits per heavy atom. The number of ether oxygens (including phenoxy) is 1. The molecule has 2 N–H and O–H groups in total. The van der Waals surface area contributed by atoms with E-state index in [9.17, 15) is 12.8 Å². The quantitative estimate of drug-likeness (QED) is 0.855. The zero-order chi connectivity index (χ0) is 15.6. The van der Waals surface area contributed by atoms with E-state index in [1.165, 1.54) is 4.31 Å². The monoisotopic (exact) mass is 336 g/mol. The molecule has 1 aliphatic heterocycles. The summed E-state index contributed by atoms with van der Waals surface area (Å²) in [6.45, 7) is 1.41. The maximum Gasteiger partial charge on any atom is 0.244 e. The van der Waals surface area contributed by atoms with Crippen molar-refractivity contribution in [3.8, 4) is 0 Å². The molecule has 1 aromatic rings. The molecule has 0 saturated carbocycles. The van der Waals surface area contributed by atoms with E-state index in [4.69, 9.17) is 22.1 Å². The number of halogens is 2. The van der Waals surface area contributed by atoms with Crippen LogP contribution < -0.4 is 5.73 Å². The molecule has 118 valence electrons. The van der Waals surface area contributed by atoms with Crippen molar-refractivity contribution in [1.82, 2.24) is 4.31 Å². The fourth-order valence-corrected chi connectivity index (χ4v) is 4.43. The van der Waals surface area contributed by atoms with Crippen molar-refractivity contribution in [1.29, 1.82) is 0 Å². The van der Waals surface area contributed by atoms with Gasteiger partial charge in [-0.1, -0.05) is 11.6 Å². The summed E-state index contributed by atoms with van der Waals surface area (Å²) in [6, 6.07) is 2.01. The molecule has 0 radical (unpaired) electrons. The average Bonchev–Trinajstić information content (AvgIpc) is 2.43. The zero-order valence-electron chi connectivity index (χ0n) is 11.7. The first-order valence-corrected chi connectivity index (χ1v) is 8.41. The van der Waals surface area contributed by atoms with Crippen LogP contribution in [0.4, 0.5) is 10.1 Å². The van der Waals surface area contributed by atoms with E-state index in [0.29, 0.717) is 25.6 Å². The van der Waals surface area contributed by atoms with Gasteiger partial charge in [-0.2, -0.15) is 4.31 Å². The Kier molecular flexibility index (Phi) is 5.08. The minimum atomic E-state index is -3.76. The number of sulfonamides is 1. The molecule has 1 fully saturated rings. The Labute approximate surface area is 128 Å². The minimum absolute atomic E-state index is 0.145. The Morgan fingerprint density at radius 2 is 2.05 bits per heavy atom. The van der Waals surface area contributed by atoms with Crippen LogP contribution in [0.2, 0.25) is 5.02 Å². The lowest BCUT2D eigenvalue weighted by Gasteiger charge is -2.31. The molecule has 0 aromatic heterocycles. The van der Waals surface area contributed by atoms with Crippen LogP contribution in [0.15, 0.2) is 17.0 Å². The van der Waals surface area contributed by atoms with Gasteiger partial charge in [0.2, 0.25) is 10.0 Å². The Morgan fingerprint density at radius 3 is 2.62 bits per heavy atom. The molecule has 0 bridgehead atoms. The number of hydrogen-bond donors (Lipinski definition) is 1. The van der Waals surface area contributed by atoms with Gasteiger partial charge in [-0.05, 0) is 30.9 Å². The predicted octanol–water partition coefficient (Wildman–Crippen LogP) is 2.11. The van der Waals surface area contributed by atoms with Gasteiger partial charge < -0.3 is 10.5 Å². The molecule has 21 heavy (non-hydrogen) atoms. The van der Waals surface area contributed by atoms with E-state index in [1.54, 1.807) is 7.11 Å². The Balaban J connectivity index is 2.22. The molecule has 8 heteroatoms. The van der Waals surface area contributed by atoms with Gasteiger partial charge in [0.05, 0.1) is 10.7 Å². The van der Waals surface area contributed by atoms with Crippen molar-refractivity contribution < 1.29 is 17.5 Å². The highest BCUT2D eigenvalue weighted by Gasteiger charge is 2.31. The highest BCUT2D eigenvalue weighted by atomic mass is 35.5. The number of rotatable bonds is 4. The second kappa shape index (κ2) is 6.48. The number of nitrogens with zero attached hydrogens (tertiary/aromatic N) is 1. The van der Waals surface area contributed by atoms with Crippen molar-refractivity contribution >= 4 is 27.3 Å². The van der Waals surface area contributed by atoms with E-state index >= 15 is 0 Å². The number of anilines is 1. The van der Waals surface area contributed by atoms with Crippen LogP contribution in [-0.2, 0) is 14.8 Å². The molecule has 0 aliphatic carbocycles. The molecular weight excluding hydrogens is 319 g/mol. The number of hydrogen-bond acceptors (Lipinski definition) is 4.